The van der Waals surface area contributed by atoms with E-state index in [0.29, 0.717) is 19.5 Å². The molecule has 4 aromatic rings. The summed E-state index contributed by atoms with van der Waals surface area (Å²) in [4.78, 5) is 30.1. The molecule has 12 nitrogen and oxygen atoms in total. The van der Waals surface area contributed by atoms with E-state index in [2.05, 4.69) is 25.9 Å². The molecule has 246 valence electrons. The van der Waals surface area contributed by atoms with Gasteiger partial charge >= 0.3 is 0 Å². The van der Waals surface area contributed by atoms with E-state index < -0.39 is 16.8 Å². The first-order chi connectivity index (χ1) is 22.0. The van der Waals surface area contributed by atoms with Crippen molar-refractivity contribution in [1.82, 2.24) is 34.9 Å². The Bertz CT molecular complexity index is 1740. The van der Waals surface area contributed by atoms with Crippen LogP contribution in [0.1, 0.15) is 67.3 Å². The molecule has 13 heteroatoms. The van der Waals surface area contributed by atoms with Gasteiger partial charge in [-0.15, -0.1) is 15.9 Å². The molecule has 1 unspecified atom stereocenters. The van der Waals surface area contributed by atoms with Crippen LogP contribution in [0.25, 0.3) is 11.0 Å². The monoisotopic (exact) mass is 649 g/mol. The Morgan fingerprint density at radius 3 is 2.65 bits per heavy atom. The molecule has 3 heterocycles. The molecule has 1 aliphatic heterocycles. The third kappa shape index (κ3) is 6.59. The SMILES string of the molecule is CC[C@@H]1CN(Cc2cc([C@H](CC(=O)NC(C)C(=O)NC)c3ccc4c(nnn4CC)c3C)ccc2C)S(O)(O)c2cccnc2O1. The van der Waals surface area contributed by atoms with Crippen LogP contribution in [0.5, 0.6) is 5.88 Å². The van der Waals surface area contributed by atoms with Crippen LogP contribution in [-0.2, 0) is 22.7 Å². The van der Waals surface area contributed by atoms with Gasteiger partial charge in [-0.05, 0) is 80.1 Å². The first-order valence-corrected chi connectivity index (χ1v) is 17.1. The Kier molecular flexibility index (Phi) is 9.96. The van der Waals surface area contributed by atoms with Gasteiger partial charge in [-0.2, -0.15) is 4.31 Å². The quantitative estimate of drug-likeness (QED) is 0.187. The van der Waals surface area contributed by atoms with Gasteiger partial charge in [0.1, 0.15) is 22.6 Å². The lowest BCUT2D eigenvalue weighted by atomic mass is 9.84. The highest BCUT2D eigenvalue weighted by molar-refractivity contribution is 8.22. The van der Waals surface area contributed by atoms with Crippen molar-refractivity contribution in [3.05, 3.63) is 76.5 Å². The fourth-order valence-corrected chi connectivity index (χ4v) is 7.51. The topological polar surface area (TPSA) is 155 Å². The summed E-state index contributed by atoms with van der Waals surface area (Å²) < 4.78 is 32.7. The van der Waals surface area contributed by atoms with Crippen molar-refractivity contribution in [2.45, 2.75) is 83.5 Å². The van der Waals surface area contributed by atoms with E-state index in [4.69, 9.17) is 4.74 Å². The predicted molar refractivity (Wildman–Crippen MR) is 178 cm³/mol. The van der Waals surface area contributed by atoms with Crippen molar-refractivity contribution in [3.8, 4) is 5.88 Å². The first kappa shape index (κ1) is 33.3. The molecule has 2 amide bonds. The Morgan fingerprint density at radius 1 is 1.15 bits per heavy atom. The van der Waals surface area contributed by atoms with Crippen LogP contribution < -0.4 is 15.4 Å². The van der Waals surface area contributed by atoms with E-state index >= 15 is 0 Å². The minimum Gasteiger partial charge on any atom is -0.472 e. The summed E-state index contributed by atoms with van der Waals surface area (Å²) in [5.74, 6) is -0.689. The number of likely N-dealkylation sites (N-methyl/N-ethyl adjacent to an activating group) is 1. The van der Waals surface area contributed by atoms with Gasteiger partial charge < -0.3 is 15.4 Å². The van der Waals surface area contributed by atoms with Gasteiger partial charge in [0.25, 0.3) is 0 Å². The van der Waals surface area contributed by atoms with Crippen LogP contribution in [0.2, 0.25) is 0 Å². The average Bonchev–Trinajstić information content (AvgIpc) is 3.43. The number of hydrogen-bond donors (Lipinski definition) is 4. The van der Waals surface area contributed by atoms with Crippen molar-refractivity contribution in [1.29, 1.82) is 0 Å². The summed E-state index contributed by atoms with van der Waals surface area (Å²) in [7, 11) is -1.88. The number of nitrogens with zero attached hydrogens (tertiary/aromatic N) is 5. The van der Waals surface area contributed by atoms with E-state index in [1.807, 2.05) is 62.7 Å². The van der Waals surface area contributed by atoms with Crippen LogP contribution >= 0.6 is 10.8 Å². The molecule has 5 rings (SSSR count). The minimum atomic E-state index is -3.41. The summed E-state index contributed by atoms with van der Waals surface area (Å²) in [6.45, 7) is 10.8. The zero-order valence-corrected chi connectivity index (χ0v) is 28.0. The number of rotatable bonds is 10. The highest BCUT2D eigenvalue weighted by atomic mass is 32.3. The number of amides is 2. The number of carbonyl (C=O) groups excluding carboxylic acids is 2. The van der Waals surface area contributed by atoms with Gasteiger partial charge in [-0.3, -0.25) is 18.7 Å². The second kappa shape index (κ2) is 13.8. The van der Waals surface area contributed by atoms with Crippen molar-refractivity contribution < 1.29 is 23.4 Å². The summed E-state index contributed by atoms with van der Waals surface area (Å²) in [5.41, 5.74) is 6.27. The third-order valence-electron chi connectivity index (χ3n) is 8.72. The van der Waals surface area contributed by atoms with Crippen LogP contribution in [0, 0.1) is 13.8 Å². The van der Waals surface area contributed by atoms with Crippen LogP contribution in [0.3, 0.4) is 0 Å². The standard InChI is InChI=1S/C33H43N7O5S/c1-7-25-19-39(46(43,44)29-10-9-15-35-33(29)45-25)18-24-16-23(12-11-20(24)3)27(17-30(41)36-22(5)32(42)34-6)26-13-14-28-31(21(26)4)37-38-40(28)8-2/h9-16,22,25,27,43-44H,7-8,17-19H2,1-6H3,(H,34,42)(H,36,41)/t22?,25-,27+/m1/s1. The largest absolute Gasteiger partial charge is 0.472 e. The van der Waals surface area contributed by atoms with Crippen LogP contribution in [-0.4, -0.2) is 70.9 Å². The fraction of sp³-hybridized carbons (Fsp3) is 0.424. The molecular weight excluding hydrogens is 606 g/mol. The molecule has 0 saturated heterocycles. The zero-order chi connectivity index (χ0) is 33.2. The molecule has 0 spiro atoms. The minimum absolute atomic E-state index is 0.0851. The van der Waals surface area contributed by atoms with Crippen molar-refractivity contribution in [2.75, 3.05) is 13.6 Å². The highest BCUT2D eigenvalue weighted by Gasteiger charge is 2.36. The normalized spacial score (nSPS) is 18.1. The number of pyridine rings is 1. The number of nitrogens with one attached hydrogen (secondary N) is 2. The maximum atomic E-state index is 13.4. The Hall–Kier alpha value is -4.04. The second-order valence-corrected chi connectivity index (χ2v) is 13.7. The van der Waals surface area contributed by atoms with Crippen molar-refractivity contribution in [2.24, 2.45) is 0 Å². The number of ether oxygens (including phenoxy) is 1. The number of aryl methyl sites for hydroxylation is 3. The molecule has 0 saturated carbocycles. The average molecular weight is 650 g/mol. The van der Waals surface area contributed by atoms with Gasteiger partial charge in [0.2, 0.25) is 17.7 Å². The Labute approximate surface area is 271 Å². The van der Waals surface area contributed by atoms with Gasteiger partial charge in [-0.1, -0.05) is 36.4 Å². The first-order valence-electron chi connectivity index (χ1n) is 15.6. The summed E-state index contributed by atoms with van der Waals surface area (Å²) in [6, 6.07) is 12.7. The molecule has 2 aromatic heterocycles. The van der Waals surface area contributed by atoms with Gasteiger partial charge in [0.15, 0.2) is 0 Å². The van der Waals surface area contributed by atoms with E-state index in [1.54, 1.807) is 29.6 Å². The lowest BCUT2D eigenvalue weighted by molar-refractivity contribution is -0.128. The summed E-state index contributed by atoms with van der Waals surface area (Å²) in [6.07, 6.45) is 2.05. The van der Waals surface area contributed by atoms with E-state index in [0.717, 1.165) is 38.9 Å². The lowest BCUT2D eigenvalue weighted by Gasteiger charge is -2.41. The molecule has 46 heavy (non-hydrogen) atoms. The molecule has 0 bridgehead atoms. The lowest BCUT2D eigenvalue weighted by Crippen LogP contribution is -2.43. The zero-order valence-electron chi connectivity index (χ0n) is 27.1. The Balaban J connectivity index is 1.55. The van der Waals surface area contributed by atoms with E-state index in [-0.39, 0.29) is 47.6 Å². The molecule has 0 radical (unpaired) electrons. The number of carbonyl (C=O) groups is 2. The second-order valence-electron chi connectivity index (χ2n) is 11.7. The smallest absolute Gasteiger partial charge is 0.242 e. The molecule has 1 aliphatic rings. The summed E-state index contributed by atoms with van der Waals surface area (Å²) >= 11 is 0. The number of fused-ring (bicyclic) bond motifs is 2. The maximum Gasteiger partial charge on any atom is 0.242 e. The number of benzene rings is 2. The molecule has 4 N–H and O–H groups in total. The number of hydrogen-bond acceptors (Lipinski definition) is 9. The van der Waals surface area contributed by atoms with Gasteiger partial charge in [0.05, 0.1) is 12.1 Å². The molecule has 0 aliphatic carbocycles. The molecular formula is C33H43N7O5S. The summed E-state index contributed by atoms with van der Waals surface area (Å²) in [5, 5.41) is 14.1. The molecule has 3 atom stereocenters. The maximum absolute atomic E-state index is 13.4. The van der Waals surface area contributed by atoms with Crippen LogP contribution in [0.15, 0.2) is 53.6 Å². The fourth-order valence-electron chi connectivity index (χ4n) is 5.94. The Morgan fingerprint density at radius 2 is 1.93 bits per heavy atom. The molecule has 0 fully saturated rings. The predicted octanol–water partition coefficient (Wildman–Crippen LogP) is 4.93. The molecule has 2 aromatic carbocycles. The third-order valence-corrected chi connectivity index (χ3v) is 10.6. The number of aromatic nitrogens is 4. The van der Waals surface area contributed by atoms with E-state index in [9.17, 15) is 18.7 Å². The van der Waals surface area contributed by atoms with Gasteiger partial charge in [-0.25, -0.2) is 9.67 Å². The van der Waals surface area contributed by atoms with Crippen molar-refractivity contribution in [3.63, 3.8) is 0 Å². The van der Waals surface area contributed by atoms with Crippen LogP contribution in [0.4, 0.5) is 0 Å². The highest BCUT2D eigenvalue weighted by Crippen LogP contribution is 2.57. The van der Waals surface area contributed by atoms with E-state index in [1.165, 1.54) is 7.05 Å². The van der Waals surface area contributed by atoms with Crippen molar-refractivity contribution >= 4 is 33.6 Å². The van der Waals surface area contributed by atoms with Gasteiger partial charge in [0, 0.05) is 38.7 Å².